The highest BCUT2D eigenvalue weighted by atomic mass is 32.2. The van der Waals surface area contributed by atoms with Crippen LogP contribution in [0.15, 0.2) is 41.8 Å². The molecule has 4 rings (SSSR count). The van der Waals surface area contributed by atoms with E-state index in [9.17, 15) is 0 Å². The monoisotopic (exact) mass is 339 g/mol. The van der Waals surface area contributed by atoms with Gasteiger partial charge in [0.2, 0.25) is 0 Å². The number of fused-ring (bicyclic) bond motifs is 1. The third-order valence-corrected chi connectivity index (χ3v) is 5.37. The van der Waals surface area contributed by atoms with Crippen LogP contribution in [0.25, 0.3) is 11.2 Å². The van der Waals surface area contributed by atoms with E-state index in [1.54, 1.807) is 18.1 Å². The highest BCUT2D eigenvalue weighted by Crippen LogP contribution is 2.43. The van der Waals surface area contributed by atoms with Gasteiger partial charge in [-0.1, -0.05) is 49.0 Å². The van der Waals surface area contributed by atoms with E-state index in [4.69, 9.17) is 4.98 Å². The molecule has 2 heterocycles. The number of thioether (sulfide) groups is 1. The van der Waals surface area contributed by atoms with Gasteiger partial charge < -0.3 is 9.88 Å². The summed E-state index contributed by atoms with van der Waals surface area (Å²) in [5.41, 5.74) is 3.14. The van der Waals surface area contributed by atoms with Gasteiger partial charge in [-0.05, 0) is 18.4 Å². The zero-order valence-corrected chi connectivity index (χ0v) is 14.8. The largest absolute Gasteiger partial charge is 0.365 e. The number of aromatic nitrogens is 4. The molecule has 0 amide bonds. The fourth-order valence-corrected chi connectivity index (χ4v) is 3.64. The summed E-state index contributed by atoms with van der Waals surface area (Å²) in [6, 6.07) is 11.1. The number of imidazole rings is 1. The quantitative estimate of drug-likeness (QED) is 0.546. The second-order valence-corrected chi connectivity index (χ2v) is 7.30. The fourth-order valence-electron chi connectivity index (χ4n) is 2.94. The molecule has 0 bridgehead atoms. The first-order valence-corrected chi connectivity index (χ1v) is 9.38. The Labute approximate surface area is 145 Å². The average Bonchev–Trinajstić information content (AvgIpc) is 3.28. The Kier molecular flexibility index (Phi) is 4.14. The van der Waals surface area contributed by atoms with E-state index in [1.807, 2.05) is 11.6 Å². The molecule has 3 aromatic rings. The van der Waals surface area contributed by atoms with Crippen molar-refractivity contribution in [1.29, 1.82) is 0 Å². The molecule has 1 aliphatic rings. The summed E-state index contributed by atoms with van der Waals surface area (Å²) in [7, 11) is 1.98. The second kappa shape index (κ2) is 6.43. The Morgan fingerprint density at radius 1 is 1.25 bits per heavy atom. The molecule has 0 aliphatic heterocycles. The molecule has 0 radical (unpaired) electrons. The standard InChI is InChI=1S/C18H21N5S/c1-3-9-24-18-21-16(15-17(22-18)23(2)11-19-15)20-14-10-13(14)12-7-5-4-6-8-12/h4-8,11,13-14H,3,9-10H2,1-2H3,(H,20,21,22)/t13-,14?/m0/s1. The van der Waals surface area contributed by atoms with Crippen LogP contribution in [-0.4, -0.2) is 31.3 Å². The summed E-state index contributed by atoms with van der Waals surface area (Å²) in [5, 5.41) is 4.42. The number of hydrogen-bond acceptors (Lipinski definition) is 5. The molecular weight excluding hydrogens is 318 g/mol. The molecule has 6 heteroatoms. The van der Waals surface area contributed by atoms with Crippen LogP contribution in [0.5, 0.6) is 0 Å². The Morgan fingerprint density at radius 3 is 2.88 bits per heavy atom. The van der Waals surface area contributed by atoms with Gasteiger partial charge in [0.05, 0.1) is 6.33 Å². The van der Waals surface area contributed by atoms with Gasteiger partial charge in [-0.2, -0.15) is 0 Å². The van der Waals surface area contributed by atoms with Crippen LogP contribution in [-0.2, 0) is 7.05 Å². The third-order valence-electron chi connectivity index (χ3n) is 4.31. The number of hydrogen-bond donors (Lipinski definition) is 1. The zero-order valence-electron chi connectivity index (χ0n) is 13.9. The Bertz CT molecular complexity index is 845. The Morgan fingerprint density at radius 2 is 2.08 bits per heavy atom. The molecule has 0 saturated heterocycles. The lowest BCUT2D eigenvalue weighted by Crippen LogP contribution is -2.08. The van der Waals surface area contributed by atoms with Crippen LogP contribution in [0.4, 0.5) is 5.82 Å². The van der Waals surface area contributed by atoms with Gasteiger partial charge in [-0.3, -0.25) is 0 Å². The average molecular weight is 339 g/mol. The van der Waals surface area contributed by atoms with E-state index < -0.39 is 0 Å². The molecule has 2 aromatic heterocycles. The number of nitrogens with one attached hydrogen (secondary N) is 1. The predicted octanol–water partition coefficient (Wildman–Crippen LogP) is 3.83. The van der Waals surface area contributed by atoms with Crippen molar-refractivity contribution >= 4 is 28.7 Å². The van der Waals surface area contributed by atoms with Gasteiger partial charge >= 0.3 is 0 Å². The van der Waals surface area contributed by atoms with Crippen LogP contribution >= 0.6 is 11.8 Å². The van der Waals surface area contributed by atoms with Crippen LogP contribution in [0.2, 0.25) is 0 Å². The molecule has 5 nitrogen and oxygen atoms in total. The first-order chi connectivity index (χ1) is 11.8. The van der Waals surface area contributed by atoms with Crippen molar-refractivity contribution in [3.05, 3.63) is 42.2 Å². The van der Waals surface area contributed by atoms with E-state index in [1.165, 1.54) is 5.56 Å². The van der Waals surface area contributed by atoms with Crippen molar-refractivity contribution < 1.29 is 0 Å². The maximum Gasteiger partial charge on any atom is 0.191 e. The van der Waals surface area contributed by atoms with E-state index >= 15 is 0 Å². The van der Waals surface area contributed by atoms with Gasteiger partial charge in [0, 0.05) is 24.8 Å². The minimum Gasteiger partial charge on any atom is -0.365 e. The van der Waals surface area contributed by atoms with E-state index in [0.29, 0.717) is 12.0 Å². The zero-order chi connectivity index (χ0) is 16.5. The van der Waals surface area contributed by atoms with Gasteiger partial charge in [0.15, 0.2) is 22.1 Å². The number of benzene rings is 1. The van der Waals surface area contributed by atoms with Crippen LogP contribution in [0, 0.1) is 0 Å². The Hall–Kier alpha value is -2.08. The number of aryl methyl sites for hydroxylation is 1. The lowest BCUT2D eigenvalue weighted by molar-refractivity contribution is 0.896. The molecular formula is C18H21N5S. The summed E-state index contributed by atoms with van der Waals surface area (Å²) >= 11 is 1.70. The van der Waals surface area contributed by atoms with Crippen molar-refractivity contribution in [3.8, 4) is 0 Å². The molecule has 1 fully saturated rings. The summed E-state index contributed by atoms with van der Waals surface area (Å²) < 4.78 is 1.96. The fraction of sp³-hybridized carbons (Fsp3) is 0.389. The van der Waals surface area contributed by atoms with Crippen molar-refractivity contribution in [2.75, 3.05) is 11.1 Å². The van der Waals surface area contributed by atoms with Crippen molar-refractivity contribution in [3.63, 3.8) is 0 Å². The maximum atomic E-state index is 4.72. The van der Waals surface area contributed by atoms with Crippen LogP contribution in [0.1, 0.15) is 31.2 Å². The molecule has 1 aliphatic carbocycles. The molecule has 0 spiro atoms. The summed E-state index contributed by atoms with van der Waals surface area (Å²) in [5.74, 6) is 2.45. The van der Waals surface area contributed by atoms with Gasteiger partial charge in [0.25, 0.3) is 0 Å². The highest BCUT2D eigenvalue weighted by Gasteiger charge is 2.39. The predicted molar refractivity (Wildman–Crippen MR) is 98.5 cm³/mol. The summed E-state index contributed by atoms with van der Waals surface area (Å²) in [6.07, 6.45) is 4.05. The SMILES string of the molecule is CCCSc1nc(NC2C[C@H]2c2ccccc2)c2ncn(C)c2n1. The molecule has 1 N–H and O–H groups in total. The smallest absolute Gasteiger partial charge is 0.191 e. The van der Waals surface area contributed by atoms with E-state index in [-0.39, 0.29) is 0 Å². The van der Waals surface area contributed by atoms with Crippen molar-refractivity contribution in [2.45, 2.75) is 36.9 Å². The van der Waals surface area contributed by atoms with Crippen LogP contribution < -0.4 is 5.32 Å². The van der Waals surface area contributed by atoms with Crippen LogP contribution in [0.3, 0.4) is 0 Å². The lowest BCUT2D eigenvalue weighted by atomic mass is 10.1. The normalized spacial score (nSPS) is 19.6. The Balaban J connectivity index is 1.59. The molecule has 24 heavy (non-hydrogen) atoms. The molecule has 1 unspecified atom stereocenters. The van der Waals surface area contributed by atoms with E-state index in [2.05, 4.69) is 52.5 Å². The van der Waals surface area contributed by atoms with Gasteiger partial charge in [-0.15, -0.1) is 0 Å². The maximum absolute atomic E-state index is 4.72. The molecule has 2 atom stereocenters. The molecule has 1 aromatic carbocycles. The summed E-state index contributed by atoms with van der Waals surface area (Å²) in [4.78, 5) is 13.9. The summed E-state index contributed by atoms with van der Waals surface area (Å²) in [6.45, 7) is 2.17. The van der Waals surface area contributed by atoms with E-state index in [0.717, 1.165) is 40.7 Å². The van der Waals surface area contributed by atoms with Gasteiger partial charge in [0.1, 0.15) is 0 Å². The molecule has 1 saturated carbocycles. The lowest BCUT2D eigenvalue weighted by Gasteiger charge is -2.08. The van der Waals surface area contributed by atoms with Gasteiger partial charge in [-0.25, -0.2) is 15.0 Å². The topological polar surface area (TPSA) is 55.6 Å². The number of anilines is 1. The first-order valence-electron chi connectivity index (χ1n) is 8.39. The minimum absolute atomic E-state index is 0.427. The number of rotatable bonds is 6. The molecule has 124 valence electrons. The first kappa shape index (κ1) is 15.4. The highest BCUT2D eigenvalue weighted by molar-refractivity contribution is 7.99. The van der Waals surface area contributed by atoms with Crippen molar-refractivity contribution in [2.24, 2.45) is 7.05 Å². The minimum atomic E-state index is 0.427. The van der Waals surface area contributed by atoms with Crippen molar-refractivity contribution in [1.82, 2.24) is 19.5 Å². The second-order valence-electron chi connectivity index (χ2n) is 6.23. The number of nitrogens with zero attached hydrogens (tertiary/aromatic N) is 4. The third kappa shape index (κ3) is 2.98.